The Balaban J connectivity index is 1.87. The van der Waals surface area contributed by atoms with Gasteiger partial charge >= 0.3 is 0 Å². The average Bonchev–Trinajstić information content (AvgIpc) is 2.92. The van der Waals surface area contributed by atoms with E-state index in [1.54, 1.807) is 40.7 Å². The van der Waals surface area contributed by atoms with E-state index in [2.05, 4.69) is 10.1 Å². The van der Waals surface area contributed by atoms with E-state index >= 15 is 0 Å². The van der Waals surface area contributed by atoms with Crippen LogP contribution in [0.15, 0.2) is 53.5 Å². The van der Waals surface area contributed by atoms with Crippen LogP contribution in [-0.4, -0.2) is 14.8 Å². The molecular formula is C19H15F2N3S. The number of thioether (sulfide) groups is 1. The van der Waals surface area contributed by atoms with Gasteiger partial charge in [0, 0.05) is 5.56 Å². The van der Waals surface area contributed by atoms with E-state index in [1.165, 1.54) is 24.3 Å². The van der Waals surface area contributed by atoms with Crippen molar-refractivity contribution >= 4 is 22.6 Å². The Morgan fingerprint density at radius 2 is 1.52 bits per heavy atom. The summed E-state index contributed by atoms with van der Waals surface area (Å²) >= 11 is 1.63. The second-order valence-electron chi connectivity index (χ2n) is 5.89. The molecule has 1 atom stereocenters. The van der Waals surface area contributed by atoms with Crippen molar-refractivity contribution < 1.29 is 8.78 Å². The van der Waals surface area contributed by atoms with E-state index in [1.807, 2.05) is 13.8 Å². The number of benzene rings is 2. The summed E-state index contributed by atoms with van der Waals surface area (Å²) in [7, 11) is 0. The molecule has 0 fully saturated rings. The van der Waals surface area contributed by atoms with Gasteiger partial charge in [0.2, 0.25) is 0 Å². The number of nitrogens with zero attached hydrogens (tertiary/aromatic N) is 3. The highest BCUT2D eigenvalue weighted by molar-refractivity contribution is 8.14. The van der Waals surface area contributed by atoms with Gasteiger partial charge in [-0.2, -0.15) is 5.10 Å². The maximum atomic E-state index is 13.3. The predicted molar refractivity (Wildman–Crippen MR) is 96.9 cm³/mol. The van der Waals surface area contributed by atoms with Crippen LogP contribution in [0.25, 0.3) is 5.69 Å². The minimum atomic E-state index is -0.291. The topological polar surface area (TPSA) is 30.2 Å². The Kier molecular flexibility index (Phi) is 3.92. The highest BCUT2D eigenvalue weighted by Crippen LogP contribution is 2.47. The van der Waals surface area contributed by atoms with Crippen LogP contribution in [-0.2, 0) is 0 Å². The van der Waals surface area contributed by atoms with Gasteiger partial charge in [0.1, 0.15) is 11.6 Å². The molecule has 0 bridgehead atoms. The molecule has 1 aliphatic heterocycles. The van der Waals surface area contributed by atoms with Crippen LogP contribution in [0.5, 0.6) is 0 Å². The first kappa shape index (κ1) is 16.0. The van der Waals surface area contributed by atoms with E-state index in [9.17, 15) is 8.78 Å². The third kappa shape index (κ3) is 2.87. The third-order valence-corrected chi connectivity index (χ3v) is 5.32. The molecule has 0 N–H and O–H groups in total. The van der Waals surface area contributed by atoms with Crippen molar-refractivity contribution in [2.75, 3.05) is 0 Å². The minimum absolute atomic E-state index is 0.00213. The lowest BCUT2D eigenvalue weighted by atomic mass is 10.0. The number of halogens is 2. The standard InChI is InChI=1S/C19H15F2N3S/c1-11-17-18(13-3-5-14(20)6-4-13)25-12(2)22-19(17)24(23-11)16-9-7-15(21)8-10-16/h3-10,18H,1-2H3. The number of hydrogen-bond acceptors (Lipinski definition) is 3. The van der Waals surface area contributed by atoms with Crippen molar-refractivity contribution in [3.8, 4) is 5.69 Å². The molecule has 0 saturated heterocycles. The second kappa shape index (κ2) is 6.11. The summed E-state index contributed by atoms with van der Waals surface area (Å²) in [6.07, 6.45) is 0. The van der Waals surface area contributed by atoms with Gasteiger partial charge in [0.25, 0.3) is 0 Å². The van der Waals surface area contributed by atoms with Crippen LogP contribution in [0.1, 0.15) is 29.0 Å². The fraction of sp³-hybridized carbons (Fsp3) is 0.158. The molecule has 1 unspecified atom stereocenters. The van der Waals surface area contributed by atoms with Crippen molar-refractivity contribution in [2.45, 2.75) is 19.1 Å². The lowest BCUT2D eigenvalue weighted by Crippen LogP contribution is -2.06. The van der Waals surface area contributed by atoms with Crippen LogP contribution >= 0.6 is 11.8 Å². The predicted octanol–water partition coefficient (Wildman–Crippen LogP) is 5.35. The van der Waals surface area contributed by atoms with Gasteiger partial charge in [-0.3, -0.25) is 0 Å². The van der Waals surface area contributed by atoms with E-state index < -0.39 is 0 Å². The van der Waals surface area contributed by atoms with Gasteiger partial charge in [0.05, 0.1) is 21.7 Å². The summed E-state index contributed by atoms with van der Waals surface area (Å²) in [5.74, 6) is 0.199. The Morgan fingerprint density at radius 1 is 0.920 bits per heavy atom. The molecule has 3 nitrogen and oxygen atoms in total. The van der Waals surface area contributed by atoms with Crippen LogP contribution in [0.2, 0.25) is 0 Å². The molecule has 126 valence electrons. The Labute approximate surface area is 148 Å². The minimum Gasteiger partial charge on any atom is -0.227 e. The molecule has 1 aliphatic rings. The second-order valence-corrected chi connectivity index (χ2v) is 7.19. The zero-order chi connectivity index (χ0) is 17.6. The zero-order valence-corrected chi connectivity index (χ0v) is 14.5. The summed E-state index contributed by atoms with van der Waals surface area (Å²) in [6, 6.07) is 12.7. The normalized spacial score (nSPS) is 16.5. The number of rotatable bonds is 2. The average molecular weight is 355 g/mol. The van der Waals surface area contributed by atoms with Crippen molar-refractivity contribution in [1.29, 1.82) is 0 Å². The van der Waals surface area contributed by atoms with Crippen LogP contribution in [0.4, 0.5) is 14.6 Å². The number of fused-ring (bicyclic) bond motifs is 1. The zero-order valence-electron chi connectivity index (χ0n) is 13.7. The number of aromatic nitrogens is 2. The van der Waals surface area contributed by atoms with Crippen molar-refractivity contribution in [1.82, 2.24) is 9.78 Å². The Morgan fingerprint density at radius 3 is 2.16 bits per heavy atom. The van der Waals surface area contributed by atoms with Crippen LogP contribution in [0.3, 0.4) is 0 Å². The van der Waals surface area contributed by atoms with Crippen molar-refractivity contribution in [3.05, 3.63) is 77.0 Å². The Bertz CT molecular complexity index is 960. The van der Waals surface area contributed by atoms with Gasteiger partial charge in [-0.1, -0.05) is 23.9 Å². The fourth-order valence-electron chi connectivity index (χ4n) is 2.98. The maximum Gasteiger partial charge on any atom is 0.161 e. The SMILES string of the molecule is CC1=Nc2c(c(C)nn2-c2ccc(F)cc2)C(c2ccc(F)cc2)S1. The monoisotopic (exact) mass is 355 g/mol. The lowest BCUT2D eigenvalue weighted by Gasteiger charge is -2.22. The van der Waals surface area contributed by atoms with E-state index in [0.29, 0.717) is 0 Å². The molecule has 4 rings (SSSR count). The fourth-order valence-corrected chi connectivity index (χ4v) is 4.15. The smallest absolute Gasteiger partial charge is 0.161 e. The summed E-state index contributed by atoms with van der Waals surface area (Å²) in [5, 5.41) is 5.53. The first-order valence-corrected chi connectivity index (χ1v) is 8.74. The molecule has 6 heteroatoms. The van der Waals surface area contributed by atoms with Gasteiger partial charge in [-0.05, 0) is 55.8 Å². The molecular weight excluding hydrogens is 340 g/mol. The molecule has 25 heavy (non-hydrogen) atoms. The van der Waals surface area contributed by atoms with E-state index in [-0.39, 0.29) is 16.9 Å². The number of aliphatic imine (C=N–C) groups is 1. The first-order valence-electron chi connectivity index (χ1n) is 7.86. The van der Waals surface area contributed by atoms with Crippen LogP contribution in [0, 0.1) is 18.6 Å². The lowest BCUT2D eigenvalue weighted by molar-refractivity contribution is 0.626. The quantitative estimate of drug-likeness (QED) is 0.621. The summed E-state index contributed by atoms with van der Waals surface area (Å²) in [6.45, 7) is 3.88. The van der Waals surface area contributed by atoms with Crippen molar-refractivity contribution in [2.24, 2.45) is 4.99 Å². The van der Waals surface area contributed by atoms with Crippen LogP contribution < -0.4 is 0 Å². The molecule has 0 aliphatic carbocycles. The molecule has 0 radical (unpaired) electrons. The van der Waals surface area contributed by atoms with Gasteiger partial charge in [0.15, 0.2) is 5.82 Å². The largest absolute Gasteiger partial charge is 0.227 e. The van der Waals surface area contributed by atoms with Gasteiger partial charge in [-0.25, -0.2) is 18.5 Å². The molecule has 1 aromatic heterocycles. The summed E-state index contributed by atoms with van der Waals surface area (Å²) in [4.78, 5) is 4.67. The molecule has 0 spiro atoms. The molecule has 0 amide bonds. The van der Waals surface area contributed by atoms with Gasteiger partial charge < -0.3 is 0 Å². The summed E-state index contributed by atoms with van der Waals surface area (Å²) < 4.78 is 28.3. The third-order valence-electron chi connectivity index (χ3n) is 4.14. The number of aryl methyl sites for hydroxylation is 1. The molecule has 2 aromatic carbocycles. The summed E-state index contributed by atoms with van der Waals surface area (Å²) in [5.41, 5.74) is 3.62. The van der Waals surface area contributed by atoms with E-state index in [4.69, 9.17) is 0 Å². The Hall–Kier alpha value is -2.47. The maximum absolute atomic E-state index is 13.3. The molecule has 0 saturated carbocycles. The van der Waals surface area contributed by atoms with Crippen molar-refractivity contribution in [3.63, 3.8) is 0 Å². The van der Waals surface area contributed by atoms with Gasteiger partial charge in [-0.15, -0.1) is 0 Å². The highest BCUT2D eigenvalue weighted by Gasteiger charge is 2.30. The highest BCUT2D eigenvalue weighted by atomic mass is 32.2. The molecule has 3 aromatic rings. The number of hydrogen-bond donors (Lipinski definition) is 0. The first-order chi connectivity index (χ1) is 12.0. The van der Waals surface area contributed by atoms with E-state index in [0.717, 1.165) is 33.4 Å². The molecule has 2 heterocycles.